The SMILES string of the molecule is O=C(NCc1cccnc1)c1nc2ccccc2n(-c2cccc(C(F)(F)F)c2)c1=O. The largest absolute Gasteiger partial charge is 0.416 e. The number of rotatable bonds is 4. The molecule has 156 valence electrons. The molecule has 0 fully saturated rings. The summed E-state index contributed by atoms with van der Waals surface area (Å²) < 4.78 is 40.7. The molecule has 4 aromatic rings. The minimum absolute atomic E-state index is 0.0141. The van der Waals surface area contributed by atoms with Crippen molar-refractivity contribution in [2.24, 2.45) is 0 Å². The van der Waals surface area contributed by atoms with Gasteiger partial charge in [0, 0.05) is 24.6 Å². The fourth-order valence-corrected chi connectivity index (χ4v) is 3.13. The third-order valence-electron chi connectivity index (χ3n) is 4.58. The highest BCUT2D eigenvalue weighted by Gasteiger charge is 2.31. The molecule has 0 unspecified atom stereocenters. The van der Waals surface area contributed by atoms with Gasteiger partial charge in [0.15, 0.2) is 5.69 Å². The number of para-hydroxylation sites is 2. The van der Waals surface area contributed by atoms with Gasteiger partial charge in [-0.05, 0) is 42.0 Å². The zero-order chi connectivity index (χ0) is 22.0. The molecule has 9 heteroatoms. The molecule has 2 aromatic carbocycles. The number of nitrogens with zero attached hydrogens (tertiary/aromatic N) is 3. The number of pyridine rings is 1. The van der Waals surface area contributed by atoms with E-state index >= 15 is 0 Å². The lowest BCUT2D eigenvalue weighted by atomic mass is 10.1. The van der Waals surface area contributed by atoms with Crippen molar-refractivity contribution in [3.05, 3.63) is 100 Å². The molecule has 0 atom stereocenters. The van der Waals surface area contributed by atoms with Crippen molar-refractivity contribution in [1.82, 2.24) is 19.9 Å². The molecule has 6 nitrogen and oxygen atoms in total. The first-order chi connectivity index (χ1) is 14.8. The molecule has 2 heterocycles. The third-order valence-corrected chi connectivity index (χ3v) is 4.58. The fraction of sp³-hybridized carbons (Fsp3) is 0.0909. The highest BCUT2D eigenvalue weighted by molar-refractivity contribution is 5.94. The average molecular weight is 424 g/mol. The van der Waals surface area contributed by atoms with Crippen LogP contribution in [-0.2, 0) is 12.7 Å². The number of amides is 1. The maximum absolute atomic E-state index is 13.2. The lowest BCUT2D eigenvalue weighted by Crippen LogP contribution is -2.34. The zero-order valence-electron chi connectivity index (χ0n) is 15.9. The molecule has 0 bridgehead atoms. The van der Waals surface area contributed by atoms with Gasteiger partial charge in [-0.1, -0.05) is 24.3 Å². The molecular formula is C22H15F3N4O2. The Hall–Kier alpha value is -4.01. The Bertz CT molecular complexity index is 1320. The van der Waals surface area contributed by atoms with Crippen LogP contribution in [0.2, 0.25) is 0 Å². The van der Waals surface area contributed by atoms with Crippen molar-refractivity contribution >= 4 is 16.9 Å². The average Bonchev–Trinajstić information content (AvgIpc) is 2.77. The van der Waals surface area contributed by atoms with Crippen LogP contribution in [0.25, 0.3) is 16.7 Å². The van der Waals surface area contributed by atoms with Gasteiger partial charge >= 0.3 is 6.18 Å². The van der Waals surface area contributed by atoms with Gasteiger partial charge in [0.25, 0.3) is 11.5 Å². The molecule has 0 spiro atoms. The smallest absolute Gasteiger partial charge is 0.346 e. The molecule has 0 saturated carbocycles. The summed E-state index contributed by atoms with van der Waals surface area (Å²) in [5.74, 6) is -0.736. The number of nitrogens with one attached hydrogen (secondary N) is 1. The van der Waals surface area contributed by atoms with Crippen LogP contribution in [0.5, 0.6) is 0 Å². The minimum Gasteiger partial charge on any atom is -0.346 e. The van der Waals surface area contributed by atoms with E-state index in [0.717, 1.165) is 22.3 Å². The first-order valence-corrected chi connectivity index (χ1v) is 9.21. The number of alkyl halides is 3. The Morgan fingerprint density at radius 1 is 1.03 bits per heavy atom. The summed E-state index contributed by atoms with van der Waals surface area (Å²) >= 11 is 0. The zero-order valence-corrected chi connectivity index (χ0v) is 15.9. The van der Waals surface area contributed by atoms with E-state index < -0.39 is 28.9 Å². The second-order valence-electron chi connectivity index (χ2n) is 6.68. The van der Waals surface area contributed by atoms with E-state index in [-0.39, 0.29) is 17.7 Å². The number of fused-ring (bicyclic) bond motifs is 1. The molecule has 2 aromatic heterocycles. The molecule has 0 aliphatic heterocycles. The van der Waals surface area contributed by atoms with Crippen molar-refractivity contribution < 1.29 is 18.0 Å². The standard InChI is InChI=1S/C22H15F3N4O2/c23-22(24,25)15-6-3-7-16(11-15)29-18-9-2-1-8-17(18)28-19(21(29)31)20(30)27-13-14-5-4-10-26-12-14/h1-12H,13H2,(H,27,30). The van der Waals surface area contributed by atoms with Gasteiger partial charge in [-0.2, -0.15) is 13.2 Å². The fourth-order valence-electron chi connectivity index (χ4n) is 3.13. The molecule has 1 N–H and O–H groups in total. The maximum Gasteiger partial charge on any atom is 0.416 e. The highest BCUT2D eigenvalue weighted by atomic mass is 19.4. The summed E-state index contributed by atoms with van der Waals surface area (Å²) in [4.78, 5) is 34.0. The van der Waals surface area contributed by atoms with E-state index in [1.165, 1.54) is 12.1 Å². The second-order valence-corrected chi connectivity index (χ2v) is 6.68. The number of halogens is 3. The first-order valence-electron chi connectivity index (χ1n) is 9.21. The predicted molar refractivity (Wildman–Crippen MR) is 108 cm³/mol. The number of carbonyl (C=O) groups is 1. The number of hydrogen-bond donors (Lipinski definition) is 1. The predicted octanol–water partition coefficient (Wildman–Crippen LogP) is 3.73. The summed E-state index contributed by atoms with van der Waals surface area (Å²) in [6, 6.07) is 14.3. The summed E-state index contributed by atoms with van der Waals surface area (Å²) in [6.07, 6.45) is -1.43. The lowest BCUT2D eigenvalue weighted by Gasteiger charge is -2.14. The van der Waals surface area contributed by atoms with Crippen LogP contribution in [0.15, 0.2) is 77.9 Å². The van der Waals surface area contributed by atoms with Gasteiger partial charge < -0.3 is 5.32 Å². The minimum atomic E-state index is -4.58. The van der Waals surface area contributed by atoms with E-state index in [0.29, 0.717) is 5.52 Å². The topological polar surface area (TPSA) is 76.9 Å². The number of benzene rings is 2. The van der Waals surface area contributed by atoms with Gasteiger partial charge in [-0.25, -0.2) is 4.98 Å². The molecule has 0 radical (unpaired) electrons. The van der Waals surface area contributed by atoms with Crippen molar-refractivity contribution in [1.29, 1.82) is 0 Å². The second kappa shape index (κ2) is 8.02. The van der Waals surface area contributed by atoms with Gasteiger partial charge in [-0.3, -0.25) is 19.1 Å². The van der Waals surface area contributed by atoms with E-state index in [1.54, 1.807) is 48.8 Å². The van der Waals surface area contributed by atoms with E-state index in [4.69, 9.17) is 0 Å². The van der Waals surface area contributed by atoms with Crippen LogP contribution in [0, 0.1) is 0 Å². The van der Waals surface area contributed by atoms with E-state index in [9.17, 15) is 22.8 Å². The molecule has 0 aliphatic carbocycles. The van der Waals surface area contributed by atoms with Gasteiger partial charge in [0.05, 0.1) is 16.6 Å². The number of hydrogen-bond acceptors (Lipinski definition) is 4. The summed E-state index contributed by atoms with van der Waals surface area (Å²) in [5, 5.41) is 2.60. The third kappa shape index (κ3) is 4.16. The Kier molecular flexibility index (Phi) is 5.24. The lowest BCUT2D eigenvalue weighted by molar-refractivity contribution is -0.137. The van der Waals surface area contributed by atoms with Crippen LogP contribution >= 0.6 is 0 Å². The van der Waals surface area contributed by atoms with E-state index in [1.807, 2.05) is 0 Å². The molecule has 31 heavy (non-hydrogen) atoms. The van der Waals surface area contributed by atoms with Crippen LogP contribution in [-0.4, -0.2) is 20.4 Å². The molecule has 0 saturated heterocycles. The normalized spacial score (nSPS) is 11.5. The Labute approximate surface area is 174 Å². The van der Waals surface area contributed by atoms with Crippen molar-refractivity contribution in [2.75, 3.05) is 0 Å². The first kappa shape index (κ1) is 20.3. The molecule has 1 amide bonds. The molecule has 4 rings (SSSR count). The van der Waals surface area contributed by atoms with Crippen molar-refractivity contribution in [2.45, 2.75) is 12.7 Å². The summed E-state index contributed by atoms with van der Waals surface area (Å²) in [5.41, 5.74) is -0.849. The van der Waals surface area contributed by atoms with Gasteiger partial charge in [0.2, 0.25) is 0 Å². The quantitative estimate of drug-likeness (QED) is 0.542. The Morgan fingerprint density at radius 3 is 2.58 bits per heavy atom. The Morgan fingerprint density at radius 2 is 1.84 bits per heavy atom. The van der Waals surface area contributed by atoms with Crippen molar-refractivity contribution in [3.8, 4) is 5.69 Å². The monoisotopic (exact) mass is 424 g/mol. The Balaban J connectivity index is 1.82. The highest BCUT2D eigenvalue weighted by Crippen LogP contribution is 2.30. The van der Waals surface area contributed by atoms with Gasteiger partial charge in [0.1, 0.15) is 0 Å². The molecular weight excluding hydrogens is 409 g/mol. The summed E-state index contributed by atoms with van der Waals surface area (Å²) in [7, 11) is 0. The number of carbonyl (C=O) groups excluding carboxylic acids is 1. The number of aromatic nitrogens is 3. The van der Waals surface area contributed by atoms with Crippen LogP contribution < -0.4 is 10.9 Å². The van der Waals surface area contributed by atoms with Crippen LogP contribution in [0.1, 0.15) is 21.6 Å². The van der Waals surface area contributed by atoms with Crippen molar-refractivity contribution in [3.63, 3.8) is 0 Å². The van der Waals surface area contributed by atoms with Crippen LogP contribution in [0.3, 0.4) is 0 Å². The molecule has 0 aliphatic rings. The summed E-state index contributed by atoms with van der Waals surface area (Å²) in [6.45, 7) is 0.115. The van der Waals surface area contributed by atoms with Crippen LogP contribution in [0.4, 0.5) is 13.2 Å². The van der Waals surface area contributed by atoms with E-state index in [2.05, 4.69) is 15.3 Å². The maximum atomic E-state index is 13.2. The van der Waals surface area contributed by atoms with Gasteiger partial charge in [-0.15, -0.1) is 0 Å².